The van der Waals surface area contributed by atoms with E-state index in [-0.39, 0.29) is 5.91 Å². The van der Waals surface area contributed by atoms with Crippen LogP contribution >= 0.6 is 0 Å². The van der Waals surface area contributed by atoms with Gasteiger partial charge in [-0.25, -0.2) is 5.43 Å². The van der Waals surface area contributed by atoms with Crippen molar-refractivity contribution in [1.82, 2.24) is 5.43 Å². The number of hydrogen-bond donors (Lipinski definition) is 1. The van der Waals surface area contributed by atoms with E-state index in [2.05, 4.69) is 17.5 Å². The fraction of sp³-hybridized carbons (Fsp3) is 0.333. The Morgan fingerprint density at radius 3 is 2.35 bits per heavy atom. The molecular formula is C21H26N2O3. The van der Waals surface area contributed by atoms with Crippen LogP contribution in [-0.4, -0.2) is 25.8 Å². The number of rotatable bonds is 10. The summed E-state index contributed by atoms with van der Waals surface area (Å²) in [5.74, 6) is 1.29. The van der Waals surface area contributed by atoms with Crippen LogP contribution in [0.15, 0.2) is 53.6 Å². The number of ether oxygens (including phenoxy) is 2. The number of methoxy groups -OCH3 is 1. The monoisotopic (exact) mass is 354 g/mol. The fourth-order valence-electron chi connectivity index (χ4n) is 2.34. The van der Waals surface area contributed by atoms with E-state index in [0.29, 0.717) is 11.3 Å². The average molecular weight is 354 g/mol. The second-order valence-corrected chi connectivity index (χ2v) is 5.91. The number of benzene rings is 2. The Morgan fingerprint density at radius 2 is 1.69 bits per heavy atom. The Balaban J connectivity index is 1.77. The Morgan fingerprint density at radius 1 is 1.00 bits per heavy atom. The van der Waals surface area contributed by atoms with Crippen LogP contribution in [0.3, 0.4) is 0 Å². The second-order valence-electron chi connectivity index (χ2n) is 5.91. The molecule has 2 rings (SSSR count). The number of unbranched alkanes of at least 4 members (excludes halogenated alkanes) is 3. The van der Waals surface area contributed by atoms with Gasteiger partial charge in [-0.1, -0.05) is 26.2 Å². The summed E-state index contributed by atoms with van der Waals surface area (Å²) >= 11 is 0. The molecule has 0 saturated heterocycles. The van der Waals surface area contributed by atoms with Crippen molar-refractivity contribution >= 4 is 12.1 Å². The average Bonchev–Trinajstić information content (AvgIpc) is 2.69. The first kappa shape index (κ1) is 19.5. The lowest BCUT2D eigenvalue weighted by molar-refractivity contribution is 0.0955. The van der Waals surface area contributed by atoms with E-state index in [1.165, 1.54) is 19.3 Å². The largest absolute Gasteiger partial charge is 0.497 e. The molecule has 1 N–H and O–H groups in total. The lowest BCUT2D eigenvalue weighted by atomic mass is 10.2. The number of hydrogen-bond acceptors (Lipinski definition) is 4. The van der Waals surface area contributed by atoms with Gasteiger partial charge in [-0.3, -0.25) is 4.79 Å². The highest BCUT2D eigenvalue weighted by atomic mass is 16.5. The van der Waals surface area contributed by atoms with Gasteiger partial charge < -0.3 is 9.47 Å². The molecule has 26 heavy (non-hydrogen) atoms. The van der Waals surface area contributed by atoms with Gasteiger partial charge >= 0.3 is 0 Å². The minimum absolute atomic E-state index is 0.268. The number of hydrazone groups is 1. The second kappa shape index (κ2) is 10.9. The SMILES string of the molecule is CCCCCCOc1ccc(/C=N\NC(=O)c2ccc(OC)cc2)cc1. The third kappa shape index (κ3) is 6.59. The molecule has 0 radical (unpaired) electrons. The van der Waals surface area contributed by atoms with E-state index in [1.54, 1.807) is 37.6 Å². The van der Waals surface area contributed by atoms with Crippen molar-refractivity contribution in [3.63, 3.8) is 0 Å². The molecule has 0 saturated carbocycles. The van der Waals surface area contributed by atoms with Gasteiger partial charge in [0.2, 0.25) is 0 Å². The Labute approximate surface area is 155 Å². The van der Waals surface area contributed by atoms with Crippen molar-refractivity contribution in [2.75, 3.05) is 13.7 Å². The van der Waals surface area contributed by atoms with Crippen molar-refractivity contribution in [3.8, 4) is 11.5 Å². The molecular weight excluding hydrogens is 328 g/mol. The minimum atomic E-state index is -0.268. The summed E-state index contributed by atoms with van der Waals surface area (Å²) < 4.78 is 10.8. The van der Waals surface area contributed by atoms with Crippen LogP contribution in [0.2, 0.25) is 0 Å². The molecule has 2 aromatic carbocycles. The smallest absolute Gasteiger partial charge is 0.271 e. The zero-order valence-corrected chi connectivity index (χ0v) is 15.4. The topological polar surface area (TPSA) is 59.9 Å². The summed E-state index contributed by atoms with van der Waals surface area (Å²) in [5.41, 5.74) is 3.92. The normalized spacial score (nSPS) is 10.7. The lowest BCUT2D eigenvalue weighted by Gasteiger charge is -2.06. The summed E-state index contributed by atoms with van der Waals surface area (Å²) in [4.78, 5) is 12.0. The van der Waals surface area contributed by atoms with Gasteiger partial charge in [-0.05, 0) is 60.5 Å². The Kier molecular flexibility index (Phi) is 8.19. The van der Waals surface area contributed by atoms with Gasteiger partial charge in [-0.15, -0.1) is 0 Å². The predicted octanol–water partition coefficient (Wildman–Crippen LogP) is 4.42. The fourth-order valence-corrected chi connectivity index (χ4v) is 2.34. The third-order valence-corrected chi connectivity index (χ3v) is 3.88. The maximum absolute atomic E-state index is 12.0. The van der Waals surface area contributed by atoms with Crippen molar-refractivity contribution < 1.29 is 14.3 Å². The molecule has 0 aromatic heterocycles. The van der Waals surface area contributed by atoms with Gasteiger partial charge in [0.25, 0.3) is 5.91 Å². The minimum Gasteiger partial charge on any atom is -0.497 e. The number of amides is 1. The van der Waals surface area contributed by atoms with Gasteiger partial charge in [-0.2, -0.15) is 5.10 Å². The van der Waals surface area contributed by atoms with E-state index in [4.69, 9.17) is 9.47 Å². The van der Waals surface area contributed by atoms with Gasteiger partial charge in [0, 0.05) is 5.56 Å². The van der Waals surface area contributed by atoms with E-state index in [0.717, 1.165) is 24.3 Å². The van der Waals surface area contributed by atoms with E-state index in [1.807, 2.05) is 24.3 Å². The summed E-state index contributed by atoms with van der Waals surface area (Å²) in [7, 11) is 1.59. The Bertz CT molecular complexity index is 694. The highest BCUT2D eigenvalue weighted by Crippen LogP contribution is 2.13. The lowest BCUT2D eigenvalue weighted by Crippen LogP contribution is -2.17. The summed E-state index contributed by atoms with van der Waals surface area (Å²) in [6, 6.07) is 14.5. The van der Waals surface area contributed by atoms with E-state index < -0.39 is 0 Å². The molecule has 2 aromatic rings. The molecule has 0 unspecified atom stereocenters. The van der Waals surface area contributed by atoms with Crippen LogP contribution in [0.5, 0.6) is 11.5 Å². The van der Waals surface area contributed by atoms with Crippen molar-refractivity contribution in [2.45, 2.75) is 32.6 Å². The quantitative estimate of drug-likeness (QED) is 0.390. The first-order chi connectivity index (χ1) is 12.7. The van der Waals surface area contributed by atoms with Crippen molar-refractivity contribution in [1.29, 1.82) is 0 Å². The molecule has 0 atom stereocenters. The molecule has 5 nitrogen and oxygen atoms in total. The predicted molar refractivity (Wildman–Crippen MR) is 104 cm³/mol. The first-order valence-corrected chi connectivity index (χ1v) is 8.93. The summed E-state index contributed by atoms with van der Waals surface area (Å²) in [5, 5.41) is 3.99. The van der Waals surface area contributed by atoms with Gasteiger partial charge in [0.05, 0.1) is 19.9 Å². The number of nitrogens with zero attached hydrogens (tertiary/aromatic N) is 1. The highest BCUT2D eigenvalue weighted by molar-refractivity contribution is 5.95. The molecule has 5 heteroatoms. The molecule has 0 spiro atoms. The van der Waals surface area contributed by atoms with Crippen LogP contribution < -0.4 is 14.9 Å². The van der Waals surface area contributed by atoms with Crippen LogP contribution in [0.1, 0.15) is 48.5 Å². The van der Waals surface area contributed by atoms with Gasteiger partial charge in [0.15, 0.2) is 0 Å². The molecule has 0 heterocycles. The molecule has 0 aliphatic heterocycles. The van der Waals surface area contributed by atoms with E-state index in [9.17, 15) is 4.79 Å². The van der Waals surface area contributed by atoms with Crippen LogP contribution in [-0.2, 0) is 0 Å². The van der Waals surface area contributed by atoms with Crippen molar-refractivity contribution in [2.24, 2.45) is 5.10 Å². The van der Waals surface area contributed by atoms with Crippen molar-refractivity contribution in [3.05, 3.63) is 59.7 Å². The standard InChI is InChI=1S/C21H26N2O3/c1-3-4-5-6-15-26-20-11-7-17(8-12-20)16-22-23-21(24)18-9-13-19(25-2)14-10-18/h7-14,16H,3-6,15H2,1-2H3,(H,23,24)/b22-16-. The third-order valence-electron chi connectivity index (χ3n) is 3.88. The summed E-state index contributed by atoms with van der Waals surface area (Å²) in [6.45, 7) is 2.94. The molecule has 0 bridgehead atoms. The van der Waals surface area contributed by atoms with Gasteiger partial charge in [0.1, 0.15) is 11.5 Å². The van der Waals surface area contributed by atoms with E-state index >= 15 is 0 Å². The molecule has 0 fully saturated rings. The zero-order chi connectivity index (χ0) is 18.6. The molecule has 138 valence electrons. The Hall–Kier alpha value is -2.82. The maximum Gasteiger partial charge on any atom is 0.271 e. The molecule has 0 aliphatic rings. The molecule has 1 amide bonds. The van der Waals surface area contributed by atoms with Crippen LogP contribution in [0.4, 0.5) is 0 Å². The highest BCUT2D eigenvalue weighted by Gasteiger charge is 2.03. The number of nitrogens with one attached hydrogen (secondary N) is 1. The number of carbonyl (C=O) groups is 1. The molecule has 0 aliphatic carbocycles. The first-order valence-electron chi connectivity index (χ1n) is 8.93. The zero-order valence-electron chi connectivity index (χ0n) is 15.4. The number of carbonyl (C=O) groups excluding carboxylic acids is 1. The van der Waals surface area contributed by atoms with Crippen LogP contribution in [0, 0.1) is 0 Å². The summed E-state index contributed by atoms with van der Waals surface area (Å²) in [6.07, 6.45) is 6.36. The maximum atomic E-state index is 12.0. The van der Waals surface area contributed by atoms with Crippen LogP contribution in [0.25, 0.3) is 0 Å².